The lowest BCUT2D eigenvalue weighted by molar-refractivity contribution is 0.0695. The Hall–Kier alpha value is -2.63. The summed E-state index contributed by atoms with van der Waals surface area (Å²) >= 11 is 0. The maximum atomic E-state index is 12.8. The molecular weight excluding hydrogens is 292 g/mol. The van der Waals surface area contributed by atoms with Gasteiger partial charge in [-0.15, -0.1) is 10.2 Å². The van der Waals surface area contributed by atoms with Gasteiger partial charge in [-0.25, -0.2) is 0 Å². The van der Waals surface area contributed by atoms with Crippen LogP contribution in [0.2, 0.25) is 0 Å². The Morgan fingerprint density at radius 1 is 1.30 bits per heavy atom. The first-order valence-corrected chi connectivity index (χ1v) is 7.97. The average molecular weight is 310 g/mol. The third-order valence-electron chi connectivity index (χ3n) is 4.37. The van der Waals surface area contributed by atoms with Crippen LogP contribution in [0.15, 0.2) is 40.9 Å². The van der Waals surface area contributed by atoms with Crippen LogP contribution in [0.5, 0.6) is 0 Å². The first-order chi connectivity index (χ1) is 11.3. The van der Waals surface area contributed by atoms with Crippen LogP contribution in [0.3, 0.4) is 0 Å². The van der Waals surface area contributed by atoms with E-state index in [2.05, 4.69) is 10.2 Å². The van der Waals surface area contributed by atoms with Crippen molar-refractivity contribution >= 4 is 11.6 Å². The molecule has 1 saturated heterocycles. The highest BCUT2D eigenvalue weighted by Crippen LogP contribution is 2.32. The molecule has 3 aromatic heterocycles. The Kier molecular flexibility index (Phi) is 3.37. The number of hydrogen-bond donors (Lipinski definition) is 0. The van der Waals surface area contributed by atoms with Crippen molar-refractivity contribution < 1.29 is 9.21 Å². The van der Waals surface area contributed by atoms with Crippen LogP contribution in [0, 0.1) is 0 Å². The Morgan fingerprint density at radius 2 is 2.22 bits per heavy atom. The average Bonchev–Trinajstić information content (AvgIpc) is 3.31. The largest absolute Gasteiger partial charge is 0.456 e. The van der Waals surface area contributed by atoms with E-state index < -0.39 is 0 Å². The molecule has 0 aliphatic carbocycles. The van der Waals surface area contributed by atoms with E-state index in [-0.39, 0.29) is 11.9 Å². The van der Waals surface area contributed by atoms with Gasteiger partial charge in [0.25, 0.3) is 5.91 Å². The molecule has 0 saturated carbocycles. The standard InChI is InChI=1S/C17H18N4O2/c1-2-12-8-9-14(23-12)17(22)20-11-5-6-13(20)16-19-18-15-7-3-4-10-21(15)16/h3-4,7-10,13H,2,5-6,11H2,1H3. The molecule has 3 aromatic rings. The van der Waals surface area contributed by atoms with Gasteiger partial charge in [0.05, 0.1) is 6.04 Å². The van der Waals surface area contributed by atoms with Gasteiger partial charge in [-0.2, -0.15) is 0 Å². The molecule has 0 aromatic carbocycles. The molecule has 6 nitrogen and oxygen atoms in total. The summed E-state index contributed by atoms with van der Waals surface area (Å²) in [5.74, 6) is 1.98. The second kappa shape index (κ2) is 5.53. The van der Waals surface area contributed by atoms with Crippen LogP contribution in [0.25, 0.3) is 5.65 Å². The number of rotatable bonds is 3. The van der Waals surface area contributed by atoms with E-state index in [1.54, 1.807) is 6.07 Å². The smallest absolute Gasteiger partial charge is 0.290 e. The summed E-state index contributed by atoms with van der Waals surface area (Å²) < 4.78 is 7.58. The molecular formula is C17H18N4O2. The van der Waals surface area contributed by atoms with Gasteiger partial charge in [0, 0.05) is 19.2 Å². The zero-order valence-electron chi connectivity index (χ0n) is 13.0. The van der Waals surface area contributed by atoms with Gasteiger partial charge in [-0.05, 0) is 37.1 Å². The molecule has 1 aliphatic rings. The van der Waals surface area contributed by atoms with Gasteiger partial charge in [-0.3, -0.25) is 9.20 Å². The minimum Gasteiger partial charge on any atom is -0.456 e. The van der Waals surface area contributed by atoms with Gasteiger partial charge < -0.3 is 9.32 Å². The summed E-state index contributed by atoms with van der Waals surface area (Å²) in [5.41, 5.74) is 0.799. The third-order valence-corrected chi connectivity index (χ3v) is 4.37. The number of likely N-dealkylation sites (tertiary alicyclic amines) is 1. The van der Waals surface area contributed by atoms with Crippen molar-refractivity contribution in [2.75, 3.05) is 6.54 Å². The number of hydrogen-bond acceptors (Lipinski definition) is 4. The first kappa shape index (κ1) is 14.0. The molecule has 4 heterocycles. The Bertz CT molecular complexity index is 851. The number of aromatic nitrogens is 3. The minimum atomic E-state index is -0.0696. The van der Waals surface area contributed by atoms with Gasteiger partial charge >= 0.3 is 0 Å². The number of furan rings is 1. The molecule has 0 N–H and O–H groups in total. The summed E-state index contributed by atoms with van der Waals surface area (Å²) in [6.45, 7) is 2.72. The monoisotopic (exact) mass is 310 g/mol. The van der Waals surface area contributed by atoms with Crippen molar-refractivity contribution in [3.8, 4) is 0 Å². The lowest BCUT2D eigenvalue weighted by Gasteiger charge is -2.22. The molecule has 1 amide bonds. The van der Waals surface area contributed by atoms with E-state index in [1.165, 1.54) is 0 Å². The summed E-state index contributed by atoms with van der Waals surface area (Å²) in [7, 11) is 0. The highest BCUT2D eigenvalue weighted by atomic mass is 16.4. The van der Waals surface area contributed by atoms with E-state index in [0.717, 1.165) is 36.5 Å². The molecule has 23 heavy (non-hydrogen) atoms. The summed E-state index contributed by atoms with van der Waals surface area (Å²) in [6, 6.07) is 9.36. The number of carbonyl (C=O) groups excluding carboxylic acids is 1. The van der Waals surface area contributed by atoms with Crippen LogP contribution in [0.4, 0.5) is 0 Å². The molecule has 0 spiro atoms. The SMILES string of the molecule is CCc1ccc(C(=O)N2CCCC2c2nnc3ccccn23)o1. The van der Waals surface area contributed by atoms with E-state index in [9.17, 15) is 4.79 Å². The zero-order chi connectivity index (χ0) is 15.8. The zero-order valence-corrected chi connectivity index (χ0v) is 13.0. The topological polar surface area (TPSA) is 63.6 Å². The van der Waals surface area contributed by atoms with Crippen LogP contribution < -0.4 is 0 Å². The fourth-order valence-corrected chi connectivity index (χ4v) is 3.19. The van der Waals surface area contributed by atoms with Crippen molar-refractivity contribution in [3.63, 3.8) is 0 Å². The second-order valence-corrected chi connectivity index (χ2v) is 5.76. The minimum absolute atomic E-state index is 0.0601. The van der Waals surface area contributed by atoms with Crippen LogP contribution in [-0.4, -0.2) is 31.9 Å². The molecule has 0 radical (unpaired) electrons. The lowest BCUT2D eigenvalue weighted by atomic mass is 10.2. The van der Waals surface area contributed by atoms with Gasteiger partial charge in [0.15, 0.2) is 17.2 Å². The summed E-state index contributed by atoms with van der Waals surface area (Å²) in [5, 5.41) is 8.51. The second-order valence-electron chi connectivity index (χ2n) is 5.76. The van der Waals surface area contributed by atoms with Gasteiger partial charge in [0.1, 0.15) is 5.76 Å². The van der Waals surface area contributed by atoms with E-state index in [0.29, 0.717) is 12.3 Å². The van der Waals surface area contributed by atoms with Crippen molar-refractivity contribution in [3.05, 3.63) is 53.9 Å². The first-order valence-electron chi connectivity index (χ1n) is 7.97. The number of pyridine rings is 1. The van der Waals surface area contributed by atoms with Gasteiger partial charge in [-0.1, -0.05) is 13.0 Å². The lowest BCUT2D eigenvalue weighted by Crippen LogP contribution is -2.31. The Balaban J connectivity index is 1.67. The molecule has 1 aliphatic heterocycles. The van der Waals surface area contributed by atoms with Crippen molar-refractivity contribution in [2.24, 2.45) is 0 Å². The van der Waals surface area contributed by atoms with Crippen molar-refractivity contribution in [2.45, 2.75) is 32.2 Å². The Morgan fingerprint density at radius 3 is 3.04 bits per heavy atom. The Labute approximate surface area is 133 Å². The van der Waals surface area contributed by atoms with Crippen LogP contribution >= 0.6 is 0 Å². The molecule has 6 heteroatoms. The fourth-order valence-electron chi connectivity index (χ4n) is 3.19. The maximum absolute atomic E-state index is 12.8. The van der Waals surface area contributed by atoms with E-state index in [4.69, 9.17) is 4.42 Å². The number of amides is 1. The third kappa shape index (κ3) is 2.30. The van der Waals surface area contributed by atoms with Crippen LogP contribution in [0.1, 0.15) is 47.9 Å². The molecule has 1 fully saturated rings. The van der Waals surface area contributed by atoms with Crippen molar-refractivity contribution in [1.29, 1.82) is 0 Å². The number of carbonyl (C=O) groups is 1. The molecule has 118 valence electrons. The quantitative estimate of drug-likeness (QED) is 0.746. The summed E-state index contributed by atoms with van der Waals surface area (Å²) in [6.07, 6.45) is 4.57. The molecule has 1 atom stereocenters. The molecule has 1 unspecified atom stereocenters. The van der Waals surface area contributed by atoms with Crippen LogP contribution in [-0.2, 0) is 6.42 Å². The highest BCUT2D eigenvalue weighted by Gasteiger charge is 2.34. The number of fused-ring (bicyclic) bond motifs is 1. The predicted molar refractivity (Wildman–Crippen MR) is 84.1 cm³/mol. The number of nitrogens with zero attached hydrogens (tertiary/aromatic N) is 4. The molecule has 0 bridgehead atoms. The number of aryl methyl sites for hydroxylation is 1. The normalized spacial score (nSPS) is 18.0. The van der Waals surface area contributed by atoms with Crippen molar-refractivity contribution in [1.82, 2.24) is 19.5 Å². The maximum Gasteiger partial charge on any atom is 0.290 e. The fraction of sp³-hybridized carbons (Fsp3) is 0.353. The van der Waals surface area contributed by atoms with E-state index >= 15 is 0 Å². The van der Waals surface area contributed by atoms with Gasteiger partial charge in [0.2, 0.25) is 0 Å². The summed E-state index contributed by atoms with van der Waals surface area (Å²) in [4.78, 5) is 14.6. The predicted octanol–water partition coefficient (Wildman–Crippen LogP) is 2.86. The van der Waals surface area contributed by atoms with E-state index in [1.807, 2.05) is 46.7 Å². The molecule has 4 rings (SSSR count). The highest BCUT2D eigenvalue weighted by molar-refractivity contribution is 5.92.